The summed E-state index contributed by atoms with van der Waals surface area (Å²) >= 11 is 18.8. The highest BCUT2D eigenvalue weighted by Gasteiger charge is 2.22. The number of nitrogens with zero attached hydrogens (tertiary/aromatic N) is 1. The van der Waals surface area contributed by atoms with E-state index < -0.39 is 6.03 Å². The molecule has 0 spiro atoms. The van der Waals surface area contributed by atoms with Crippen molar-refractivity contribution in [3.05, 3.63) is 80.8 Å². The molecule has 29 heavy (non-hydrogen) atoms. The van der Waals surface area contributed by atoms with Crippen LogP contribution in [0.1, 0.15) is 11.1 Å². The average Bonchev–Trinajstić information content (AvgIpc) is 2.86. The van der Waals surface area contributed by atoms with Gasteiger partial charge in [0.1, 0.15) is 11.5 Å². The van der Waals surface area contributed by atoms with Crippen molar-refractivity contribution in [2.24, 2.45) is 5.10 Å². The lowest BCUT2D eigenvalue weighted by Crippen LogP contribution is -2.22. The van der Waals surface area contributed by atoms with Gasteiger partial charge in [-0.3, -0.25) is 0 Å². The Kier molecular flexibility index (Phi) is 5.37. The van der Waals surface area contributed by atoms with Gasteiger partial charge in [-0.1, -0.05) is 46.9 Å². The quantitative estimate of drug-likeness (QED) is 0.502. The normalized spacial score (nSPS) is 13.0. The SMILES string of the molecule is COc1cc2c(cc1-c1cc(Cl)ccc1Cl)C(c1cccc(Cl)c1)=NNC(=O)N2. The maximum absolute atomic E-state index is 12.1. The van der Waals surface area contributed by atoms with E-state index in [-0.39, 0.29) is 0 Å². The summed E-state index contributed by atoms with van der Waals surface area (Å²) in [5, 5.41) is 8.68. The second kappa shape index (κ2) is 7.95. The summed E-state index contributed by atoms with van der Waals surface area (Å²) in [6.45, 7) is 0. The highest BCUT2D eigenvalue weighted by atomic mass is 35.5. The number of halogens is 3. The molecule has 146 valence electrons. The van der Waals surface area contributed by atoms with Gasteiger partial charge in [-0.2, -0.15) is 5.10 Å². The third kappa shape index (κ3) is 3.90. The minimum Gasteiger partial charge on any atom is -0.496 e. The molecule has 0 bridgehead atoms. The zero-order chi connectivity index (χ0) is 20.5. The van der Waals surface area contributed by atoms with E-state index in [9.17, 15) is 4.79 Å². The molecule has 1 aliphatic heterocycles. The fourth-order valence-corrected chi connectivity index (χ4v) is 3.72. The summed E-state index contributed by atoms with van der Waals surface area (Å²) in [5.74, 6) is 0.528. The fourth-order valence-electron chi connectivity index (χ4n) is 3.14. The molecule has 0 unspecified atom stereocenters. The molecule has 3 aromatic rings. The van der Waals surface area contributed by atoms with Gasteiger partial charge in [0.2, 0.25) is 0 Å². The summed E-state index contributed by atoms with van der Waals surface area (Å²) in [6.07, 6.45) is 0. The Bertz CT molecular complexity index is 1160. The van der Waals surface area contributed by atoms with Gasteiger partial charge in [-0.25, -0.2) is 10.2 Å². The van der Waals surface area contributed by atoms with Gasteiger partial charge in [-0.15, -0.1) is 0 Å². The van der Waals surface area contributed by atoms with E-state index in [0.717, 1.165) is 5.56 Å². The molecule has 0 fully saturated rings. The molecule has 0 saturated heterocycles. The predicted octanol–water partition coefficient (Wildman–Crippen LogP) is 6.21. The zero-order valence-corrected chi connectivity index (χ0v) is 17.4. The summed E-state index contributed by atoms with van der Waals surface area (Å²) in [6, 6.07) is 15.6. The van der Waals surface area contributed by atoms with E-state index in [4.69, 9.17) is 39.5 Å². The lowest BCUT2D eigenvalue weighted by Gasteiger charge is -2.16. The van der Waals surface area contributed by atoms with Gasteiger partial charge in [0.25, 0.3) is 0 Å². The van der Waals surface area contributed by atoms with Gasteiger partial charge in [0, 0.05) is 43.4 Å². The standard InChI is InChI=1S/C21H14Cl3N3O2/c1-29-19-10-18-16(9-15(19)14-8-13(23)5-6-17(14)24)20(26-27-21(28)25-18)11-3-2-4-12(22)7-11/h2-10H,1H3,(H2,25,27,28). The Morgan fingerprint density at radius 2 is 1.69 bits per heavy atom. The molecular weight excluding hydrogens is 433 g/mol. The van der Waals surface area contributed by atoms with Crippen molar-refractivity contribution in [3.8, 4) is 16.9 Å². The van der Waals surface area contributed by atoms with E-state index in [2.05, 4.69) is 15.8 Å². The molecule has 4 rings (SSSR count). The lowest BCUT2D eigenvalue weighted by molar-refractivity contribution is 0.252. The van der Waals surface area contributed by atoms with E-state index in [1.807, 2.05) is 18.2 Å². The molecule has 5 nitrogen and oxygen atoms in total. The Hall–Kier alpha value is -2.73. The van der Waals surface area contributed by atoms with Crippen LogP contribution in [0.4, 0.5) is 10.5 Å². The van der Waals surface area contributed by atoms with Crippen LogP contribution < -0.4 is 15.5 Å². The number of fused-ring (bicyclic) bond motifs is 1. The number of nitrogens with one attached hydrogen (secondary N) is 2. The second-order valence-corrected chi connectivity index (χ2v) is 7.54. The van der Waals surface area contributed by atoms with Crippen molar-refractivity contribution in [2.75, 3.05) is 12.4 Å². The topological polar surface area (TPSA) is 62.7 Å². The van der Waals surface area contributed by atoms with Crippen LogP contribution in [0.5, 0.6) is 5.75 Å². The van der Waals surface area contributed by atoms with Crippen LogP contribution in [0.2, 0.25) is 15.1 Å². The first kappa shape index (κ1) is 19.6. The van der Waals surface area contributed by atoms with E-state index in [1.54, 1.807) is 43.5 Å². The van der Waals surface area contributed by atoms with Crippen molar-refractivity contribution < 1.29 is 9.53 Å². The molecule has 1 heterocycles. The summed E-state index contributed by atoms with van der Waals surface area (Å²) in [5.41, 5.74) is 6.41. The lowest BCUT2D eigenvalue weighted by atomic mass is 9.95. The Morgan fingerprint density at radius 1 is 0.897 bits per heavy atom. The maximum atomic E-state index is 12.1. The van der Waals surface area contributed by atoms with Gasteiger partial charge < -0.3 is 10.1 Å². The minimum absolute atomic E-state index is 0.459. The number of amides is 2. The Morgan fingerprint density at radius 3 is 2.45 bits per heavy atom. The predicted molar refractivity (Wildman–Crippen MR) is 118 cm³/mol. The van der Waals surface area contributed by atoms with Crippen LogP contribution in [0, 0.1) is 0 Å². The number of hydrazone groups is 1. The van der Waals surface area contributed by atoms with Gasteiger partial charge in [0.15, 0.2) is 0 Å². The molecule has 2 amide bonds. The van der Waals surface area contributed by atoms with Crippen LogP contribution in [0.15, 0.2) is 59.7 Å². The Balaban J connectivity index is 1.98. The molecule has 0 atom stereocenters. The van der Waals surface area contributed by atoms with E-state index >= 15 is 0 Å². The second-order valence-electron chi connectivity index (χ2n) is 6.26. The molecule has 8 heteroatoms. The zero-order valence-electron chi connectivity index (χ0n) is 15.1. The first-order valence-corrected chi connectivity index (χ1v) is 9.68. The molecule has 3 aromatic carbocycles. The highest BCUT2D eigenvalue weighted by Crippen LogP contribution is 2.40. The van der Waals surface area contributed by atoms with Crippen molar-refractivity contribution in [3.63, 3.8) is 0 Å². The number of ether oxygens (including phenoxy) is 1. The molecule has 0 radical (unpaired) electrons. The summed E-state index contributed by atoms with van der Waals surface area (Å²) in [4.78, 5) is 12.1. The molecule has 2 N–H and O–H groups in total. The number of urea groups is 1. The van der Waals surface area contributed by atoms with Crippen LogP contribution in [-0.2, 0) is 0 Å². The number of methoxy groups -OCH3 is 1. The Labute approximate surface area is 182 Å². The first-order chi connectivity index (χ1) is 14.0. The van der Waals surface area contributed by atoms with Crippen molar-refractivity contribution in [1.82, 2.24) is 5.43 Å². The molecule has 0 aliphatic carbocycles. The fraction of sp³-hybridized carbons (Fsp3) is 0.0476. The number of rotatable bonds is 3. The van der Waals surface area contributed by atoms with Crippen molar-refractivity contribution >= 4 is 52.2 Å². The third-order valence-corrected chi connectivity index (χ3v) is 5.23. The van der Waals surface area contributed by atoms with Crippen LogP contribution in [-0.4, -0.2) is 18.9 Å². The number of benzene rings is 3. The number of hydrogen-bond donors (Lipinski definition) is 2. The monoisotopic (exact) mass is 445 g/mol. The molecular formula is C21H14Cl3N3O2. The smallest absolute Gasteiger partial charge is 0.339 e. The highest BCUT2D eigenvalue weighted by molar-refractivity contribution is 6.35. The maximum Gasteiger partial charge on any atom is 0.339 e. The number of hydrogen-bond acceptors (Lipinski definition) is 3. The van der Waals surface area contributed by atoms with E-state index in [0.29, 0.717) is 48.9 Å². The third-order valence-electron chi connectivity index (χ3n) is 4.43. The summed E-state index contributed by atoms with van der Waals surface area (Å²) in [7, 11) is 1.55. The van der Waals surface area contributed by atoms with Crippen molar-refractivity contribution in [1.29, 1.82) is 0 Å². The van der Waals surface area contributed by atoms with Gasteiger partial charge in [0.05, 0.1) is 12.8 Å². The van der Waals surface area contributed by atoms with Crippen LogP contribution >= 0.6 is 34.8 Å². The van der Waals surface area contributed by atoms with Gasteiger partial charge >= 0.3 is 6.03 Å². The minimum atomic E-state index is -0.459. The molecule has 0 aromatic heterocycles. The summed E-state index contributed by atoms with van der Waals surface area (Å²) < 4.78 is 5.56. The number of carbonyl (C=O) groups excluding carboxylic acids is 1. The van der Waals surface area contributed by atoms with Crippen LogP contribution in [0.25, 0.3) is 11.1 Å². The van der Waals surface area contributed by atoms with Crippen molar-refractivity contribution in [2.45, 2.75) is 0 Å². The first-order valence-electron chi connectivity index (χ1n) is 8.54. The van der Waals surface area contributed by atoms with Crippen LogP contribution in [0.3, 0.4) is 0 Å². The van der Waals surface area contributed by atoms with E-state index in [1.165, 1.54) is 0 Å². The molecule has 0 saturated carbocycles. The molecule has 1 aliphatic rings. The van der Waals surface area contributed by atoms with Gasteiger partial charge in [-0.05, 0) is 36.4 Å². The number of anilines is 1. The number of carbonyl (C=O) groups is 1. The largest absolute Gasteiger partial charge is 0.496 e. The average molecular weight is 447 g/mol.